The number of hydrogen-bond donors (Lipinski definition) is 1. The molecule has 0 fully saturated rings. The minimum Gasteiger partial charge on any atom is -0.312 e. The van der Waals surface area contributed by atoms with Gasteiger partial charge in [-0.1, -0.05) is 49.0 Å². The first kappa shape index (κ1) is 16.3. The third-order valence-electron chi connectivity index (χ3n) is 3.34. The Balaban J connectivity index is 2.33. The summed E-state index contributed by atoms with van der Waals surface area (Å²) in [6, 6.07) is 4.91. The summed E-state index contributed by atoms with van der Waals surface area (Å²) >= 11 is 7.43. The summed E-state index contributed by atoms with van der Waals surface area (Å²) in [7, 11) is 1.88. The molecule has 0 amide bonds. The lowest BCUT2D eigenvalue weighted by atomic mass is 9.89. The Hall–Kier alpha value is -1.04. The van der Waals surface area contributed by atoms with E-state index in [-0.39, 0.29) is 22.3 Å². The number of hydrogen-bond acceptors (Lipinski definition) is 4. The third-order valence-corrected chi connectivity index (χ3v) is 4.61. The minimum atomic E-state index is -0.387. The van der Waals surface area contributed by atoms with Crippen LogP contribution < -0.4 is 5.32 Å². The molecule has 0 spiro atoms. The lowest BCUT2D eigenvalue weighted by Crippen LogP contribution is -2.23. The zero-order valence-electron chi connectivity index (χ0n) is 12.6. The van der Waals surface area contributed by atoms with Crippen LogP contribution in [0.15, 0.2) is 18.2 Å². The summed E-state index contributed by atoms with van der Waals surface area (Å²) in [5, 5.41) is 7.71. The second kappa shape index (κ2) is 6.38. The highest BCUT2D eigenvalue weighted by Crippen LogP contribution is 2.33. The second-order valence-corrected chi connectivity index (χ2v) is 7.16. The Bertz CT molecular complexity index is 622. The summed E-state index contributed by atoms with van der Waals surface area (Å²) in [5.41, 5.74) is 1.67. The Labute approximate surface area is 133 Å². The van der Waals surface area contributed by atoms with Gasteiger partial charge < -0.3 is 5.32 Å². The van der Waals surface area contributed by atoms with Crippen molar-refractivity contribution in [2.75, 3.05) is 7.05 Å². The van der Waals surface area contributed by atoms with Gasteiger partial charge in [-0.15, -0.1) is 5.10 Å². The van der Waals surface area contributed by atoms with Crippen LogP contribution in [0.5, 0.6) is 0 Å². The van der Waals surface area contributed by atoms with Crippen molar-refractivity contribution in [1.29, 1.82) is 0 Å². The molecule has 1 heterocycles. The molecule has 1 atom stereocenters. The first-order valence-corrected chi connectivity index (χ1v) is 7.92. The molecule has 1 aromatic heterocycles. The van der Waals surface area contributed by atoms with Gasteiger partial charge >= 0.3 is 0 Å². The van der Waals surface area contributed by atoms with Gasteiger partial charge in [-0.2, -0.15) is 0 Å². The van der Waals surface area contributed by atoms with E-state index >= 15 is 0 Å². The molecular formula is C15H19ClFN3S. The molecule has 6 heteroatoms. The van der Waals surface area contributed by atoms with Crippen LogP contribution in [-0.2, 0) is 11.8 Å². The van der Waals surface area contributed by atoms with Crippen LogP contribution in [0.25, 0.3) is 0 Å². The van der Waals surface area contributed by atoms with Crippen LogP contribution in [0.2, 0.25) is 5.02 Å². The van der Waals surface area contributed by atoms with Crippen molar-refractivity contribution in [3.63, 3.8) is 0 Å². The van der Waals surface area contributed by atoms with E-state index in [4.69, 9.17) is 11.6 Å². The third kappa shape index (κ3) is 3.59. The van der Waals surface area contributed by atoms with Crippen LogP contribution in [0.3, 0.4) is 0 Å². The lowest BCUT2D eigenvalue weighted by molar-refractivity contribution is 0.529. The molecule has 1 N–H and O–H groups in total. The maximum atomic E-state index is 13.6. The Kier molecular flexibility index (Phi) is 4.96. The van der Waals surface area contributed by atoms with Crippen molar-refractivity contribution in [3.8, 4) is 0 Å². The van der Waals surface area contributed by atoms with Gasteiger partial charge in [-0.25, -0.2) is 4.39 Å². The summed E-state index contributed by atoms with van der Waals surface area (Å²) in [6.45, 7) is 6.32. The van der Waals surface area contributed by atoms with E-state index in [2.05, 4.69) is 35.7 Å². The fourth-order valence-electron chi connectivity index (χ4n) is 2.20. The van der Waals surface area contributed by atoms with Gasteiger partial charge in [0.25, 0.3) is 0 Å². The molecule has 21 heavy (non-hydrogen) atoms. The molecule has 3 nitrogen and oxygen atoms in total. The molecule has 2 rings (SSSR count). The smallest absolute Gasteiger partial charge is 0.142 e. The van der Waals surface area contributed by atoms with E-state index in [0.717, 1.165) is 16.1 Å². The SMILES string of the molecule is CNC(Cc1cccc(F)c1Cl)c1snnc1C(C)(C)C. The number of halogens is 2. The zero-order valence-corrected chi connectivity index (χ0v) is 14.1. The maximum absolute atomic E-state index is 13.6. The van der Waals surface area contributed by atoms with E-state index in [1.165, 1.54) is 17.6 Å². The zero-order chi connectivity index (χ0) is 15.6. The molecule has 2 aromatic rings. The fraction of sp³-hybridized carbons (Fsp3) is 0.467. The van der Waals surface area contributed by atoms with E-state index in [9.17, 15) is 4.39 Å². The minimum absolute atomic E-state index is 0.0125. The van der Waals surface area contributed by atoms with Crippen molar-refractivity contribution >= 4 is 23.1 Å². The molecule has 0 aliphatic heterocycles. The molecule has 0 saturated heterocycles. The first-order chi connectivity index (χ1) is 9.84. The molecule has 0 aliphatic carbocycles. The highest BCUT2D eigenvalue weighted by molar-refractivity contribution is 7.05. The van der Waals surface area contributed by atoms with Crippen LogP contribution >= 0.6 is 23.1 Å². The Morgan fingerprint density at radius 1 is 1.38 bits per heavy atom. The van der Waals surface area contributed by atoms with Gasteiger partial charge in [0.05, 0.1) is 15.6 Å². The van der Waals surface area contributed by atoms with E-state index < -0.39 is 0 Å². The van der Waals surface area contributed by atoms with E-state index in [1.54, 1.807) is 6.07 Å². The first-order valence-electron chi connectivity index (χ1n) is 6.77. The molecule has 0 saturated carbocycles. The number of nitrogens with zero attached hydrogens (tertiary/aromatic N) is 2. The van der Waals surface area contributed by atoms with Crippen LogP contribution in [0.4, 0.5) is 4.39 Å². The highest BCUT2D eigenvalue weighted by Gasteiger charge is 2.27. The van der Waals surface area contributed by atoms with Gasteiger partial charge in [0, 0.05) is 11.5 Å². The average Bonchev–Trinajstić information content (AvgIpc) is 2.89. The number of rotatable bonds is 4. The molecular weight excluding hydrogens is 309 g/mol. The Morgan fingerprint density at radius 3 is 2.71 bits per heavy atom. The number of benzene rings is 1. The van der Waals surface area contributed by atoms with E-state index in [1.807, 2.05) is 13.1 Å². The van der Waals surface area contributed by atoms with Gasteiger partial charge in [-0.05, 0) is 36.6 Å². The number of nitrogens with one attached hydrogen (secondary N) is 1. The van der Waals surface area contributed by atoms with Crippen molar-refractivity contribution in [1.82, 2.24) is 14.9 Å². The quantitative estimate of drug-likeness (QED) is 0.917. The molecule has 0 aliphatic rings. The van der Waals surface area contributed by atoms with Gasteiger partial charge in [-0.3, -0.25) is 0 Å². The standard InChI is InChI=1S/C15H19ClFN3S/c1-15(2,3)14-13(21-20-19-14)11(18-4)8-9-6-5-7-10(17)12(9)16/h5-7,11,18H,8H2,1-4H3. The summed E-state index contributed by atoms with van der Waals surface area (Å²) in [6.07, 6.45) is 0.597. The molecule has 114 valence electrons. The monoisotopic (exact) mass is 327 g/mol. The number of likely N-dealkylation sites (N-methyl/N-ethyl adjacent to an activating group) is 1. The molecule has 1 aromatic carbocycles. The van der Waals surface area contributed by atoms with Crippen molar-refractivity contribution < 1.29 is 4.39 Å². The van der Waals surface area contributed by atoms with Crippen molar-refractivity contribution in [2.24, 2.45) is 0 Å². The van der Waals surface area contributed by atoms with E-state index in [0.29, 0.717) is 6.42 Å². The van der Waals surface area contributed by atoms with Crippen molar-refractivity contribution in [3.05, 3.63) is 45.2 Å². The average molecular weight is 328 g/mol. The fourth-order valence-corrected chi connectivity index (χ4v) is 3.37. The highest BCUT2D eigenvalue weighted by atomic mass is 35.5. The predicted molar refractivity (Wildman–Crippen MR) is 85.5 cm³/mol. The van der Waals surface area contributed by atoms with Crippen LogP contribution in [0.1, 0.15) is 42.9 Å². The second-order valence-electron chi connectivity index (χ2n) is 5.99. The van der Waals surface area contributed by atoms with Gasteiger partial charge in [0.2, 0.25) is 0 Å². The maximum Gasteiger partial charge on any atom is 0.142 e. The van der Waals surface area contributed by atoms with Gasteiger partial charge in [0.1, 0.15) is 5.82 Å². The normalized spacial score (nSPS) is 13.4. The van der Waals surface area contributed by atoms with Crippen molar-refractivity contribution in [2.45, 2.75) is 38.6 Å². The summed E-state index contributed by atoms with van der Waals surface area (Å²) < 4.78 is 17.7. The Morgan fingerprint density at radius 2 is 2.10 bits per heavy atom. The largest absolute Gasteiger partial charge is 0.312 e. The predicted octanol–water partition coefficient (Wildman–Crippen LogP) is 4.13. The molecule has 1 unspecified atom stereocenters. The molecule has 0 radical (unpaired) electrons. The summed E-state index contributed by atoms with van der Waals surface area (Å²) in [4.78, 5) is 1.07. The summed E-state index contributed by atoms with van der Waals surface area (Å²) in [5.74, 6) is -0.387. The molecule has 0 bridgehead atoms. The lowest BCUT2D eigenvalue weighted by Gasteiger charge is -2.22. The number of aromatic nitrogens is 2. The topological polar surface area (TPSA) is 37.8 Å². The van der Waals surface area contributed by atoms with Crippen LogP contribution in [-0.4, -0.2) is 16.6 Å². The van der Waals surface area contributed by atoms with Gasteiger partial charge in [0.15, 0.2) is 0 Å². The van der Waals surface area contributed by atoms with Crippen LogP contribution in [0, 0.1) is 5.82 Å².